The van der Waals surface area contributed by atoms with Crippen molar-refractivity contribution in [3.05, 3.63) is 112 Å². The third kappa shape index (κ3) is 6.14. The molecule has 0 bridgehead atoms. The van der Waals surface area contributed by atoms with Crippen molar-refractivity contribution in [1.29, 1.82) is 0 Å². The normalized spacial score (nSPS) is 10.6. The maximum atomic E-state index is 11.7. The van der Waals surface area contributed by atoms with Gasteiger partial charge in [0.25, 0.3) is 0 Å². The van der Waals surface area contributed by atoms with E-state index in [0.717, 1.165) is 38.3 Å². The number of benzene rings is 2. The van der Waals surface area contributed by atoms with E-state index in [0.29, 0.717) is 16.6 Å². The molecule has 0 aliphatic heterocycles. The highest BCUT2D eigenvalue weighted by Gasteiger charge is 2.12. The molecule has 8 heteroatoms. The van der Waals surface area contributed by atoms with Crippen LogP contribution in [0.1, 0.15) is 15.2 Å². The molecule has 0 spiro atoms. The van der Waals surface area contributed by atoms with Gasteiger partial charge in [-0.05, 0) is 71.6 Å². The fourth-order valence-corrected chi connectivity index (χ4v) is 5.37. The Bertz CT molecular complexity index is 1650. The highest BCUT2D eigenvalue weighted by atomic mass is 35.5. The lowest BCUT2D eigenvalue weighted by molar-refractivity contribution is 0.0606. The Morgan fingerprint density at radius 1 is 0.865 bits per heavy atom. The second-order valence-electron chi connectivity index (χ2n) is 7.92. The first-order valence-corrected chi connectivity index (χ1v) is 13.4. The van der Waals surface area contributed by atoms with Gasteiger partial charge in [0.1, 0.15) is 22.4 Å². The molecule has 37 heavy (non-hydrogen) atoms. The standard InChI is InChI=1S/C22H17NO3S.C7H4ClNS/c1-25-22(24)21-13-19-20(27-21)12-11-18(23-19)16-7-9-17(10-8-16)26-14-15-5-3-2-4-6-15;8-7-2-1-6-5(9-7)3-4-10-6/h2-13H,14H2,1H3;1-4H. The number of aromatic nitrogens is 2. The molecule has 6 rings (SSSR count). The molecule has 0 amide bonds. The van der Waals surface area contributed by atoms with Crippen LogP contribution >= 0.6 is 34.3 Å². The maximum absolute atomic E-state index is 11.7. The third-order valence-corrected chi connectivity index (χ3v) is 7.58. The van der Waals surface area contributed by atoms with Gasteiger partial charge in [0.2, 0.25) is 0 Å². The summed E-state index contributed by atoms with van der Waals surface area (Å²) in [5.41, 5.74) is 4.76. The van der Waals surface area contributed by atoms with E-state index in [4.69, 9.17) is 21.1 Å². The van der Waals surface area contributed by atoms with Gasteiger partial charge in [-0.3, -0.25) is 0 Å². The summed E-state index contributed by atoms with van der Waals surface area (Å²) in [7, 11) is 1.38. The van der Waals surface area contributed by atoms with Crippen LogP contribution in [0.3, 0.4) is 0 Å². The number of nitrogens with zero attached hydrogens (tertiary/aromatic N) is 2. The first kappa shape index (κ1) is 24.9. The number of hydrogen-bond acceptors (Lipinski definition) is 7. The van der Waals surface area contributed by atoms with E-state index in [-0.39, 0.29) is 5.97 Å². The Morgan fingerprint density at radius 3 is 2.43 bits per heavy atom. The molecule has 0 saturated carbocycles. The average Bonchev–Trinajstić information content (AvgIpc) is 3.59. The van der Waals surface area contributed by atoms with E-state index in [9.17, 15) is 4.79 Å². The summed E-state index contributed by atoms with van der Waals surface area (Å²) in [5, 5.41) is 2.57. The summed E-state index contributed by atoms with van der Waals surface area (Å²) in [6, 6.07) is 29.4. The number of methoxy groups -OCH3 is 1. The van der Waals surface area contributed by atoms with Crippen molar-refractivity contribution >= 4 is 60.7 Å². The zero-order valence-electron chi connectivity index (χ0n) is 19.8. The minimum Gasteiger partial charge on any atom is -0.489 e. The SMILES string of the molecule is COC(=O)c1cc2nc(-c3ccc(OCc4ccccc4)cc3)ccc2s1.Clc1ccc2sccc2n1. The van der Waals surface area contributed by atoms with Crippen molar-refractivity contribution in [3.8, 4) is 17.0 Å². The van der Waals surface area contributed by atoms with Crippen LogP contribution in [-0.2, 0) is 11.3 Å². The predicted octanol–water partition coefficient (Wildman–Crippen LogP) is 8.28. The number of pyridine rings is 2. The smallest absolute Gasteiger partial charge is 0.348 e. The summed E-state index contributed by atoms with van der Waals surface area (Å²) in [6.07, 6.45) is 0. The fourth-order valence-electron chi connectivity index (χ4n) is 3.58. The molecule has 0 aliphatic carbocycles. The quantitative estimate of drug-likeness (QED) is 0.161. The second-order valence-corrected chi connectivity index (χ2v) is 10.3. The van der Waals surface area contributed by atoms with Crippen LogP contribution in [0.15, 0.2) is 96.4 Å². The molecular formula is C29H21ClN2O3S2. The lowest BCUT2D eigenvalue weighted by atomic mass is 10.1. The van der Waals surface area contributed by atoms with Crippen LogP contribution in [0.25, 0.3) is 31.7 Å². The topological polar surface area (TPSA) is 61.3 Å². The van der Waals surface area contributed by atoms with Crippen molar-refractivity contribution in [2.45, 2.75) is 6.61 Å². The van der Waals surface area contributed by atoms with E-state index >= 15 is 0 Å². The van der Waals surface area contributed by atoms with Gasteiger partial charge in [0, 0.05) is 5.56 Å². The summed E-state index contributed by atoms with van der Waals surface area (Å²) in [4.78, 5) is 21.0. The summed E-state index contributed by atoms with van der Waals surface area (Å²) in [6.45, 7) is 0.537. The molecule has 4 heterocycles. The molecule has 5 nitrogen and oxygen atoms in total. The van der Waals surface area contributed by atoms with Gasteiger partial charge in [-0.25, -0.2) is 14.8 Å². The number of thiophene rings is 2. The van der Waals surface area contributed by atoms with E-state index in [2.05, 4.69) is 9.97 Å². The minimum atomic E-state index is -0.334. The number of esters is 1. The second kappa shape index (κ2) is 11.5. The Hall–Kier alpha value is -3.78. The molecular weight excluding hydrogens is 524 g/mol. The minimum absolute atomic E-state index is 0.334. The number of fused-ring (bicyclic) bond motifs is 2. The van der Waals surface area contributed by atoms with Gasteiger partial charge in [-0.1, -0.05) is 41.9 Å². The van der Waals surface area contributed by atoms with Gasteiger partial charge in [0.15, 0.2) is 0 Å². The molecule has 0 N–H and O–H groups in total. The number of carbonyl (C=O) groups is 1. The van der Waals surface area contributed by atoms with Gasteiger partial charge >= 0.3 is 5.97 Å². The lowest BCUT2D eigenvalue weighted by Crippen LogP contribution is -1.96. The maximum Gasteiger partial charge on any atom is 0.348 e. The molecule has 0 unspecified atom stereocenters. The zero-order valence-corrected chi connectivity index (χ0v) is 22.1. The molecule has 0 fully saturated rings. The molecule has 6 aromatic rings. The Balaban J connectivity index is 0.000000233. The summed E-state index contributed by atoms with van der Waals surface area (Å²) >= 11 is 8.73. The van der Waals surface area contributed by atoms with Gasteiger partial charge in [-0.2, -0.15) is 0 Å². The molecule has 0 radical (unpaired) electrons. The van der Waals surface area contributed by atoms with Crippen LogP contribution in [0.4, 0.5) is 0 Å². The Morgan fingerprint density at radius 2 is 1.65 bits per heavy atom. The number of carbonyl (C=O) groups excluding carboxylic acids is 1. The number of rotatable bonds is 5. The Labute approximate surface area is 226 Å². The number of halogens is 1. The highest BCUT2D eigenvalue weighted by Crippen LogP contribution is 2.29. The Kier molecular flexibility index (Phi) is 7.75. The molecule has 0 saturated heterocycles. The molecule has 4 aromatic heterocycles. The average molecular weight is 545 g/mol. The fraction of sp³-hybridized carbons (Fsp3) is 0.0690. The molecule has 2 aromatic carbocycles. The van der Waals surface area contributed by atoms with Gasteiger partial charge < -0.3 is 9.47 Å². The zero-order chi connectivity index (χ0) is 25.6. The van der Waals surface area contributed by atoms with E-state index in [1.54, 1.807) is 23.5 Å². The molecule has 184 valence electrons. The van der Waals surface area contributed by atoms with Gasteiger partial charge in [0.05, 0.1) is 33.2 Å². The van der Waals surface area contributed by atoms with Crippen molar-refractivity contribution < 1.29 is 14.3 Å². The van der Waals surface area contributed by atoms with Crippen molar-refractivity contribution in [2.24, 2.45) is 0 Å². The molecule has 0 atom stereocenters. The molecule has 0 aliphatic rings. The predicted molar refractivity (Wildman–Crippen MR) is 152 cm³/mol. The van der Waals surface area contributed by atoms with Crippen molar-refractivity contribution in [1.82, 2.24) is 9.97 Å². The first-order chi connectivity index (χ1) is 18.1. The third-order valence-electron chi connectivity index (χ3n) is 5.43. The highest BCUT2D eigenvalue weighted by molar-refractivity contribution is 7.20. The van der Waals surface area contributed by atoms with Crippen LogP contribution in [0, 0.1) is 0 Å². The number of hydrogen-bond donors (Lipinski definition) is 0. The first-order valence-electron chi connectivity index (χ1n) is 11.3. The van der Waals surface area contributed by atoms with Crippen LogP contribution in [0.2, 0.25) is 5.15 Å². The van der Waals surface area contributed by atoms with Crippen LogP contribution in [0.5, 0.6) is 5.75 Å². The van der Waals surface area contributed by atoms with Crippen LogP contribution < -0.4 is 4.74 Å². The summed E-state index contributed by atoms with van der Waals surface area (Å²) < 4.78 is 12.7. The van der Waals surface area contributed by atoms with E-state index < -0.39 is 0 Å². The monoisotopic (exact) mass is 544 g/mol. The largest absolute Gasteiger partial charge is 0.489 e. The van der Waals surface area contributed by atoms with E-state index in [1.807, 2.05) is 84.2 Å². The van der Waals surface area contributed by atoms with Crippen molar-refractivity contribution in [3.63, 3.8) is 0 Å². The number of ether oxygens (including phenoxy) is 2. The van der Waals surface area contributed by atoms with E-state index in [1.165, 1.54) is 23.1 Å². The summed E-state index contributed by atoms with van der Waals surface area (Å²) in [5.74, 6) is 0.478. The van der Waals surface area contributed by atoms with Crippen LogP contribution in [-0.4, -0.2) is 23.0 Å². The van der Waals surface area contributed by atoms with Crippen molar-refractivity contribution in [2.75, 3.05) is 7.11 Å². The van der Waals surface area contributed by atoms with Gasteiger partial charge in [-0.15, -0.1) is 22.7 Å². The lowest BCUT2D eigenvalue weighted by Gasteiger charge is -2.07.